The molecule has 8 N–H and O–H groups in total. The minimum absolute atomic E-state index is 0.221. The summed E-state index contributed by atoms with van der Waals surface area (Å²) in [4.78, 5) is 40.1. The van der Waals surface area contributed by atoms with Crippen LogP contribution in [0.4, 0.5) is 40.3 Å². The van der Waals surface area contributed by atoms with Crippen molar-refractivity contribution in [2.45, 2.75) is 172 Å². The number of piperidine rings is 4. The van der Waals surface area contributed by atoms with Crippen LogP contribution in [-0.2, 0) is 18.9 Å². The number of ether oxygens (including phenoxy) is 4. The van der Waals surface area contributed by atoms with Gasteiger partial charge in [0.15, 0.2) is 0 Å². The largest absolute Gasteiger partial charge is 0.387 e. The predicted octanol–water partition coefficient (Wildman–Crippen LogP) is 12.7. The lowest BCUT2D eigenvalue weighted by molar-refractivity contribution is -0.0847. The molecule has 1 aliphatic carbocycles. The van der Waals surface area contributed by atoms with Crippen LogP contribution in [0.2, 0.25) is 0 Å². The maximum absolute atomic E-state index is 15.0. The molecule has 9 fully saturated rings. The number of nitrogens with zero attached hydrogens (tertiary/aromatic N) is 16. The molecule has 8 aliphatic heterocycles. The molecule has 0 radical (unpaired) electrons. The molecule has 1 saturated carbocycles. The zero-order valence-corrected chi connectivity index (χ0v) is 67.9. The molecule has 0 spiro atoms. The number of aryl methyl sites for hydroxylation is 4. The van der Waals surface area contributed by atoms with Crippen LogP contribution >= 0.6 is 0 Å². The number of nitrogens with one attached hydrogen (secondary N) is 8. The molecule has 8 atom stereocenters. The van der Waals surface area contributed by atoms with Crippen LogP contribution in [-0.4, -0.2) is 278 Å². The highest BCUT2D eigenvalue weighted by atomic mass is 19.1. The molecule has 9 aliphatic rings. The normalized spacial score (nSPS) is 24.0. The van der Waals surface area contributed by atoms with Gasteiger partial charge in [0.2, 0.25) is 0 Å². The first kappa shape index (κ1) is 78.4. The predicted molar refractivity (Wildman–Crippen MR) is 446 cm³/mol. The Bertz CT molecular complexity index is 5270. The number of likely N-dealkylation sites (tertiary alicyclic amines) is 4. The minimum Gasteiger partial charge on any atom is -0.387 e. The fourth-order valence-electron chi connectivity index (χ4n) is 18.1. The standard InChI is InChI=1S/C22H27FN6O.C22H29FN6O.C21H27FN6O.C20H25FN6O/c1-13-6-24-22-20(13)21(27-15-2-3-15)17(8-25-22)14-7-26-29(9-14)19-4-5-28(10-18(19)23)16-11-30-12-16;1-13(2)27-21-17(8-25-22-20(21)14(3)6-24-22)15-7-26-29(9-15)19-4-5-28(10-18(19)23)16-11-30-12-16;1-3-23-20-16(8-25-21-19(20)13(2)6-24-21)14-7-26-28(9-14)18-4-5-27(10-17(18)22)15-11-29-12-15;1-12-5-23-20-18(12)19(22-2)15(7-24-20)13-6-25-27(8-13)17-3-4-26(9-16(17)21)14-10-28-11-14/h6-9,15-16,18-19H,2-5,10-12H2,1H3,(H2,24,25,27);6-9,13,16,18-19H,4-5,10-12H2,1-3H3,(H2,24,25,27);6-9,15,17-18H,3-5,10-12H2,1-2H3,(H2,23,24,25);5-8,14,16-17H,3-4,9-11H2,1-2H3,(H2,22,23,24)/t2*18-,19-;17-,18-;16-,17-/m0000/s1. The van der Waals surface area contributed by atoms with E-state index in [1.54, 1.807) is 9.36 Å². The molecule has 0 amide bonds. The van der Waals surface area contributed by atoms with Crippen LogP contribution in [0.3, 0.4) is 0 Å². The van der Waals surface area contributed by atoms with Gasteiger partial charge in [0.05, 0.1) is 149 Å². The summed E-state index contributed by atoms with van der Waals surface area (Å²) in [6.07, 6.45) is 32.3. The number of aromatic amines is 4. The molecule has 620 valence electrons. The number of alkyl halides is 4. The van der Waals surface area contributed by atoms with E-state index in [1.165, 1.54) is 18.4 Å². The molecule has 117 heavy (non-hydrogen) atoms. The second kappa shape index (κ2) is 33.5. The van der Waals surface area contributed by atoms with E-state index in [2.05, 4.69) is 150 Å². The number of rotatable bonds is 19. The van der Waals surface area contributed by atoms with E-state index in [1.807, 2.05) is 116 Å². The first-order valence-electron chi connectivity index (χ1n) is 41.8. The van der Waals surface area contributed by atoms with Crippen LogP contribution < -0.4 is 21.3 Å². The van der Waals surface area contributed by atoms with Crippen molar-refractivity contribution in [1.29, 1.82) is 0 Å². The topological polar surface area (TPSA) is 284 Å². The minimum atomic E-state index is -0.937. The summed E-state index contributed by atoms with van der Waals surface area (Å²) in [5, 5.41) is 36.6. The van der Waals surface area contributed by atoms with E-state index in [-0.39, 0.29) is 30.2 Å². The first-order chi connectivity index (χ1) is 57.0. The van der Waals surface area contributed by atoms with Gasteiger partial charge in [0.1, 0.15) is 47.3 Å². The van der Waals surface area contributed by atoms with Crippen molar-refractivity contribution in [3.05, 3.63) is 121 Å². The van der Waals surface area contributed by atoms with Gasteiger partial charge < -0.3 is 60.2 Å². The summed E-state index contributed by atoms with van der Waals surface area (Å²) < 4.78 is 88.2. The van der Waals surface area contributed by atoms with Gasteiger partial charge in [-0.25, -0.2) is 37.5 Å². The molecule has 21 rings (SSSR count). The van der Waals surface area contributed by atoms with E-state index in [0.717, 1.165) is 239 Å². The van der Waals surface area contributed by atoms with Gasteiger partial charge in [-0.15, -0.1) is 0 Å². The fraction of sp³-hybridized carbons (Fsp3) is 0.529. The third-order valence-corrected chi connectivity index (χ3v) is 25.3. The summed E-state index contributed by atoms with van der Waals surface area (Å²) in [5.74, 6) is 0. The summed E-state index contributed by atoms with van der Waals surface area (Å²) in [6, 6.07) is 1.41. The third-order valence-electron chi connectivity index (χ3n) is 25.3. The van der Waals surface area contributed by atoms with Crippen molar-refractivity contribution in [2.24, 2.45) is 0 Å². The van der Waals surface area contributed by atoms with Crippen molar-refractivity contribution in [3.63, 3.8) is 0 Å². The highest BCUT2D eigenvalue weighted by molar-refractivity contribution is 6.03. The Morgan fingerprint density at radius 2 is 0.692 bits per heavy atom. The Labute approximate surface area is 676 Å². The lowest BCUT2D eigenvalue weighted by Gasteiger charge is -2.42. The summed E-state index contributed by atoms with van der Waals surface area (Å²) in [7, 11) is 1.91. The van der Waals surface area contributed by atoms with Crippen molar-refractivity contribution in [2.75, 3.05) is 140 Å². The van der Waals surface area contributed by atoms with E-state index in [4.69, 9.17) is 18.9 Å². The number of fused-ring (bicyclic) bond motifs is 4. The summed E-state index contributed by atoms with van der Waals surface area (Å²) >= 11 is 0. The molecule has 12 aromatic heterocycles. The first-order valence-corrected chi connectivity index (χ1v) is 41.8. The van der Waals surface area contributed by atoms with Crippen molar-refractivity contribution < 1.29 is 36.5 Å². The average Bonchev–Trinajstić information content (AvgIpc) is 1.63. The zero-order valence-electron chi connectivity index (χ0n) is 67.9. The number of anilines is 4. The van der Waals surface area contributed by atoms with Gasteiger partial charge in [0.25, 0.3) is 0 Å². The number of aromatic nitrogens is 16. The monoisotopic (exact) mass is 1600 g/mol. The van der Waals surface area contributed by atoms with Crippen LogP contribution in [0, 0.1) is 27.7 Å². The molecule has 0 unspecified atom stereocenters. The highest BCUT2D eigenvalue weighted by Crippen LogP contribution is 2.44. The molecule has 8 saturated heterocycles. The Morgan fingerprint density at radius 1 is 0.402 bits per heavy atom. The third kappa shape index (κ3) is 15.8. The quantitative estimate of drug-likeness (QED) is 0.0349. The molecule has 20 heterocycles. The Morgan fingerprint density at radius 3 is 0.974 bits per heavy atom. The maximum Gasteiger partial charge on any atom is 0.139 e. The Kier molecular flexibility index (Phi) is 22.5. The lowest BCUT2D eigenvalue weighted by Crippen LogP contribution is -2.55. The van der Waals surface area contributed by atoms with Crippen molar-refractivity contribution in [1.82, 2.24) is 98.6 Å². The SMILES string of the molecule is CCNc1c(-c2cnn([C@H]3CCN(C4COC4)C[C@@H]3F)c2)cnc2[nH]cc(C)c12.CNc1c(-c2cnn([C@H]3CCN(C4COC4)C[C@@H]3F)c2)cnc2[nH]cc(C)c12.Cc1c[nH]c2ncc(-c3cnn([C@H]4CCN(C5COC5)C[C@@H]4F)c3)c(NC(C)C)c12.Cc1c[nH]c2ncc(-c3cnn([C@H]4CCN(C5COC5)C[C@@H]4F)c3)c(NC3CC3)c12. The lowest BCUT2D eigenvalue weighted by atomic mass is 10.0. The second-order valence-corrected chi connectivity index (χ2v) is 33.5. The molecule has 32 heteroatoms. The van der Waals surface area contributed by atoms with Gasteiger partial charge in [-0.05, 0) is 109 Å². The Hall–Kier alpha value is -9.80. The van der Waals surface area contributed by atoms with Gasteiger partial charge in [-0.3, -0.25) is 38.3 Å². The highest BCUT2D eigenvalue weighted by Gasteiger charge is 2.42. The maximum atomic E-state index is 15.0. The fourth-order valence-corrected chi connectivity index (χ4v) is 18.1. The van der Waals surface area contributed by atoms with Gasteiger partial charge >= 0.3 is 0 Å². The Balaban J connectivity index is 0.000000108. The number of hydrogen-bond acceptors (Lipinski definition) is 20. The molecule has 28 nitrogen and oxygen atoms in total. The van der Waals surface area contributed by atoms with Gasteiger partial charge in [-0.1, -0.05) is 0 Å². The van der Waals surface area contributed by atoms with Crippen LogP contribution in [0.15, 0.2) is 99.1 Å². The van der Waals surface area contributed by atoms with E-state index in [0.29, 0.717) is 56.4 Å². The van der Waals surface area contributed by atoms with Crippen molar-refractivity contribution >= 4 is 66.9 Å². The molecule has 0 aromatic carbocycles. The number of halogens is 4. The summed E-state index contributed by atoms with van der Waals surface area (Å²) in [6.45, 7) is 26.6. The van der Waals surface area contributed by atoms with E-state index in [9.17, 15) is 8.78 Å². The number of hydrogen-bond donors (Lipinski definition) is 8. The van der Waals surface area contributed by atoms with Gasteiger partial charge in [0, 0.05) is 218 Å². The van der Waals surface area contributed by atoms with E-state index >= 15 is 8.78 Å². The van der Waals surface area contributed by atoms with Crippen LogP contribution in [0.5, 0.6) is 0 Å². The zero-order chi connectivity index (χ0) is 80.3. The number of H-pyrrole nitrogens is 4. The van der Waals surface area contributed by atoms with E-state index < -0.39 is 24.7 Å². The summed E-state index contributed by atoms with van der Waals surface area (Å²) in [5.41, 5.74) is 20.1. The van der Waals surface area contributed by atoms with Crippen LogP contribution in [0.25, 0.3) is 88.6 Å². The molecular weight excluding hydrogens is 1500 g/mol. The second-order valence-electron chi connectivity index (χ2n) is 33.5. The molecule has 12 aromatic rings. The van der Waals surface area contributed by atoms with Crippen LogP contribution in [0.1, 0.15) is 106 Å². The average molecular weight is 1610 g/mol. The smallest absolute Gasteiger partial charge is 0.139 e. The van der Waals surface area contributed by atoms with Crippen molar-refractivity contribution in [3.8, 4) is 44.5 Å². The molecule has 0 bridgehead atoms. The van der Waals surface area contributed by atoms with Gasteiger partial charge in [-0.2, -0.15) is 20.4 Å². The molecular formula is C85H108F4N24O4. The number of pyridine rings is 4.